The highest BCUT2D eigenvalue weighted by Gasteiger charge is 2.17. The van der Waals surface area contributed by atoms with E-state index in [1.807, 2.05) is 0 Å². The smallest absolute Gasteiger partial charge is 0.413 e. The summed E-state index contributed by atoms with van der Waals surface area (Å²) in [6.07, 6.45) is -0.747. The molecule has 8 heteroatoms. The van der Waals surface area contributed by atoms with Crippen LogP contribution in [0.1, 0.15) is 5.56 Å². The van der Waals surface area contributed by atoms with Crippen LogP contribution in [0, 0.1) is 17.0 Å². The fourth-order valence-electron chi connectivity index (χ4n) is 1.26. The maximum absolute atomic E-state index is 10.9. The summed E-state index contributed by atoms with van der Waals surface area (Å²) in [7, 11) is 1.19. The lowest BCUT2D eigenvalue weighted by Crippen LogP contribution is -2.34. The van der Waals surface area contributed by atoms with Crippen molar-refractivity contribution < 1.29 is 14.5 Å². The van der Waals surface area contributed by atoms with E-state index in [-0.39, 0.29) is 16.5 Å². The summed E-state index contributed by atoms with van der Waals surface area (Å²) in [5.74, 6) is 0. The van der Waals surface area contributed by atoms with Crippen molar-refractivity contribution >= 4 is 34.8 Å². The van der Waals surface area contributed by atoms with Crippen molar-refractivity contribution in [2.45, 2.75) is 6.92 Å². The van der Waals surface area contributed by atoms with E-state index in [0.29, 0.717) is 5.56 Å². The maximum atomic E-state index is 10.9. The second-order valence-electron chi connectivity index (χ2n) is 3.30. The standard InChI is InChI=1S/C10H11N3O4S/c1-6-4-3-5-7(13(15)16)8(6)11-9(18)12-10(14)17-2/h3-5H,1-2H3,(H2,11,12,14,18). The fraction of sp³-hybridized carbons (Fsp3) is 0.200. The van der Waals surface area contributed by atoms with Crippen molar-refractivity contribution in [3.05, 3.63) is 33.9 Å². The van der Waals surface area contributed by atoms with Crippen LogP contribution in [-0.2, 0) is 4.74 Å². The number of aryl methyl sites for hydroxylation is 1. The van der Waals surface area contributed by atoms with Crippen LogP contribution >= 0.6 is 12.2 Å². The number of rotatable bonds is 2. The molecule has 1 aromatic carbocycles. The van der Waals surface area contributed by atoms with E-state index >= 15 is 0 Å². The highest BCUT2D eigenvalue weighted by molar-refractivity contribution is 7.80. The Balaban J connectivity index is 2.93. The van der Waals surface area contributed by atoms with E-state index in [1.54, 1.807) is 19.1 Å². The van der Waals surface area contributed by atoms with Gasteiger partial charge in [-0.15, -0.1) is 0 Å². The van der Waals surface area contributed by atoms with E-state index in [0.717, 1.165) is 0 Å². The molecule has 0 aliphatic heterocycles. The number of carbonyl (C=O) groups is 1. The molecule has 0 bridgehead atoms. The number of nitrogens with zero attached hydrogens (tertiary/aromatic N) is 1. The summed E-state index contributed by atoms with van der Waals surface area (Å²) in [5.41, 5.74) is 0.756. The third kappa shape index (κ3) is 3.39. The summed E-state index contributed by atoms with van der Waals surface area (Å²) in [6, 6.07) is 4.60. The predicted molar refractivity (Wildman–Crippen MR) is 69.6 cm³/mol. The zero-order valence-corrected chi connectivity index (χ0v) is 10.5. The molecule has 0 aliphatic carbocycles. The van der Waals surface area contributed by atoms with E-state index in [2.05, 4.69) is 15.4 Å². The number of nitrogens with one attached hydrogen (secondary N) is 2. The van der Waals surface area contributed by atoms with Gasteiger partial charge in [0.1, 0.15) is 5.69 Å². The lowest BCUT2D eigenvalue weighted by Gasteiger charge is -2.11. The Kier molecular flexibility index (Phi) is 4.55. The first-order valence-corrected chi connectivity index (χ1v) is 5.26. The Labute approximate surface area is 108 Å². The van der Waals surface area contributed by atoms with Crippen LogP contribution in [0.3, 0.4) is 0 Å². The average molecular weight is 269 g/mol. The second kappa shape index (κ2) is 5.92. The Bertz CT molecular complexity index is 504. The lowest BCUT2D eigenvalue weighted by atomic mass is 10.1. The number of thiocarbonyl (C=S) groups is 1. The van der Waals surface area contributed by atoms with E-state index in [9.17, 15) is 14.9 Å². The predicted octanol–water partition coefficient (Wildman–Crippen LogP) is 1.96. The molecular weight excluding hydrogens is 258 g/mol. The van der Waals surface area contributed by atoms with Crippen molar-refractivity contribution in [1.82, 2.24) is 5.32 Å². The molecule has 0 heterocycles. The molecule has 96 valence electrons. The van der Waals surface area contributed by atoms with Crippen molar-refractivity contribution in [3.8, 4) is 0 Å². The summed E-state index contributed by atoms with van der Waals surface area (Å²) in [6.45, 7) is 1.69. The van der Waals surface area contributed by atoms with Gasteiger partial charge in [-0.2, -0.15) is 0 Å². The number of amides is 1. The number of nitro benzene ring substituents is 1. The number of nitro groups is 1. The summed E-state index contributed by atoms with van der Waals surface area (Å²) >= 11 is 4.84. The van der Waals surface area contributed by atoms with Gasteiger partial charge in [0.15, 0.2) is 5.11 Å². The molecule has 1 aromatic rings. The molecule has 0 radical (unpaired) electrons. The number of carbonyl (C=O) groups excluding carboxylic acids is 1. The normalized spacial score (nSPS) is 9.44. The minimum atomic E-state index is -0.747. The zero-order valence-electron chi connectivity index (χ0n) is 9.72. The molecule has 0 saturated heterocycles. The van der Waals surface area contributed by atoms with Crippen molar-refractivity contribution in [3.63, 3.8) is 0 Å². The van der Waals surface area contributed by atoms with E-state index in [1.165, 1.54) is 13.2 Å². The lowest BCUT2D eigenvalue weighted by molar-refractivity contribution is -0.383. The summed E-state index contributed by atoms with van der Waals surface area (Å²) < 4.78 is 4.36. The molecule has 1 amide bonds. The topological polar surface area (TPSA) is 93.5 Å². The van der Waals surface area contributed by atoms with Crippen LogP contribution in [0.4, 0.5) is 16.2 Å². The number of alkyl carbamates (subject to hydrolysis) is 1. The quantitative estimate of drug-likeness (QED) is 0.484. The molecular formula is C10H11N3O4S. The van der Waals surface area contributed by atoms with Gasteiger partial charge in [-0.25, -0.2) is 4.79 Å². The Morgan fingerprint density at radius 3 is 2.72 bits per heavy atom. The van der Waals surface area contributed by atoms with E-state index in [4.69, 9.17) is 12.2 Å². The van der Waals surface area contributed by atoms with Crippen molar-refractivity contribution in [1.29, 1.82) is 0 Å². The monoisotopic (exact) mass is 269 g/mol. The number of anilines is 1. The average Bonchev–Trinajstić information content (AvgIpc) is 2.31. The SMILES string of the molecule is COC(=O)NC(=S)Nc1c(C)cccc1[N+](=O)[O-]. The van der Waals surface area contributed by atoms with Crippen LogP contribution in [0.5, 0.6) is 0 Å². The third-order valence-corrected chi connectivity index (χ3v) is 2.29. The van der Waals surface area contributed by atoms with Crippen LogP contribution in [0.2, 0.25) is 0 Å². The maximum Gasteiger partial charge on any atom is 0.413 e. The first-order valence-electron chi connectivity index (χ1n) is 4.85. The van der Waals surface area contributed by atoms with Gasteiger partial charge in [0.25, 0.3) is 5.69 Å². The molecule has 0 atom stereocenters. The molecule has 7 nitrogen and oxygen atoms in total. The first kappa shape index (κ1) is 13.8. The molecule has 18 heavy (non-hydrogen) atoms. The van der Waals surface area contributed by atoms with Gasteiger partial charge in [0.05, 0.1) is 12.0 Å². The van der Waals surface area contributed by atoms with Gasteiger partial charge in [-0.3, -0.25) is 15.4 Å². The van der Waals surface area contributed by atoms with E-state index < -0.39 is 11.0 Å². The highest BCUT2D eigenvalue weighted by Crippen LogP contribution is 2.27. The minimum absolute atomic E-state index is 0.0701. The number of methoxy groups -OCH3 is 1. The number of para-hydroxylation sites is 1. The molecule has 0 aliphatic rings. The molecule has 1 rings (SSSR count). The first-order chi connectivity index (χ1) is 8.45. The number of ether oxygens (including phenoxy) is 1. The van der Waals surface area contributed by atoms with Gasteiger partial charge in [0.2, 0.25) is 0 Å². The number of hydrogen-bond donors (Lipinski definition) is 2. The molecule has 0 fully saturated rings. The van der Waals surface area contributed by atoms with Crippen LogP contribution in [0.15, 0.2) is 18.2 Å². The Hall–Kier alpha value is -2.22. The largest absolute Gasteiger partial charge is 0.453 e. The van der Waals surface area contributed by atoms with Gasteiger partial charge in [0, 0.05) is 6.07 Å². The van der Waals surface area contributed by atoms with Crippen LogP contribution in [-0.4, -0.2) is 23.2 Å². The molecule has 0 saturated carbocycles. The van der Waals surface area contributed by atoms with Crippen molar-refractivity contribution in [2.24, 2.45) is 0 Å². The third-order valence-electron chi connectivity index (χ3n) is 2.09. The zero-order chi connectivity index (χ0) is 13.7. The van der Waals surface area contributed by atoms with Crippen molar-refractivity contribution in [2.75, 3.05) is 12.4 Å². The van der Waals surface area contributed by atoms with Gasteiger partial charge in [-0.05, 0) is 24.7 Å². The summed E-state index contributed by atoms with van der Waals surface area (Å²) in [5, 5.41) is 15.6. The Morgan fingerprint density at radius 2 is 2.17 bits per heavy atom. The van der Waals surface area contributed by atoms with Gasteiger partial charge < -0.3 is 10.1 Å². The molecule has 0 aromatic heterocycles. The number of hydrogen-bond acceptors (Lipinski definition) is 5. The van der Waals surface area contributed by atoms with Gasteiger partial charge >= 0.3 is 6.09 Å². The fourth-order valence-corrected chi connectivity index (χ4v) is 1.44. The summed E-state index contributed by atoms with van der Waals surface area (Å²) in [4.78, 5) is 21.2. The van der Waals surface area contributed by atoms with Crippen LogP contribution < -0.4 is 10.6 Å². The minimum Gasteiger partial charge on any atom is -0.453 e. The van der Waals surface area contributed by atoms with Crippen LogP contribution in [0.25, 0.3) is 0 Å². The second-order valence-corrected chi connectivity index (χ2v) is 3.71. The molecule has 0 unspecified atom stereocenters. The molecule has 2 N–H and O–H groups in total. The number of benzene rings is 1. The highest BCUT2D eigenvalue weighted by atomic mass is 32.1. The Morgan fingerprint density at radius 1 is 1.50 bits per heavy atom. The van der Waals surface area contributed by atoms with Gasteiger partial charge in [-0.1, -0.05) is 12.1 Å². The molecule has 0 spiro atoms.